The number of piperidine rings is 1. The molecule has 4 aromatic carbocycles. The minimum absolute atomic E-state index is 0.0936. The molecule has 4 aromatic rings. The van der Waals surface area contributed by atoms with Crippen molar-refractivity contribution in [1.29, 1.82) is 0 Å². The summed E-state index contributed by atoms with van der Waals surface area (Å²) < 4.78 is 63.4. The van der Waals surface area contributed by atoms with E-state index in [-0.39, 0.29) is 21.1 Å². The Balaban J connectivity index is 1.33. The Labute approximate surface area is 290 Å². The van der Waals surface area contributed by atoms with Gasteiger partial charge in [0.15, 0.2) is 19.7 Å². The number of nitrogens with one attached hydrogen (secondary N) is 1. The van der Waals surface area contributed by atoms with Crippen LogP contribution >= 0.6 is 0 Å². The summed E-state index contributed by atoms with van der Waals surface area (Å²) in [6.45, 7) is 14.2. The summed E-state index contributed by atoms with van der Waals surface area (Å²) in [6, 6.07) is 25.2. The van der Waals surface area contributed by atoms with Crippen LogP contribution in [0.15, 0.2) is 107 Å². The van der Waals surface area contributed by atoms with Gasteiger partial charge in [0.05, 0.1) is 21.1 Å². The Morgan fingerprint density at radius 3 is 1.86 bits per heavy atom. The molecule has 0 amide bonds. The third-order valence-electron chi connectivity index (χ3n) is 9.32. The van der Waals surface area contributed by atoms with Crippen LogP contribution in [0.4, 0.5) is 0 Å². The van der Waals surface area contributed by atoms with Crippen LogP contribution in [0.1, 0.15) is 68.9 Å². The number of aliphatic hydroxyl groups is 1. The minimum atomic E-state index is -3.63. The average molecular weight is 704 g/mol. The molecular weight excluding hydrogens is 659 g/mol. The summed E-state index contributed by atoms with van der Waals surface area (Å²) in [5.41, 5.74) is 2.71. The van der Waals surface area contributed by atoms with Gasteiger partial charge in [0.2, 0.25) is 0 Å². The number of hydrogen-bond acceptors (Lipinski definition) is 8. The zero-order valence-electron chi connectivity index (χ0n) is 28.6. The Morgan fingerprint density at radius 2 is 1.35 bits per heavy atom. The zero-order chi connectivity index (χ0) is 35.6. The van der Waals surface area contributed by atoms with Gasteiger partial charge in [-0.15, -0.1) is 0 Å². The number of sulfone groups is 2. The molecule has 10 heteroatoms. The molecule has 1 aliphatic heterocycles. The Bertz CT molecular complexity index is 2010. The van der Waals surface area contributed by atoms with E-state index in [0.29, 0.717) is 40.7 Å². The topological polar surface area (TPSA) is 119 Å². The lowest BCUT2D eigenvalue weighted by molar-refractivity contribution is 0.0895. The average Bonchev–Trinajstić information content (AvgIpc) is 3.09. The highest BCUT2D eigenvalue weighted by Gasteiger charge is 2.31. The van der Waals surface area contributed by atoms with Gasteiger partial charge < -0.3 is 19.9 Å². The van der Waals surface area contributed by atoms with Crippen molar-refractivity contribution >= 4 is 19.7 Å². The zero-order valence-corrected chi connectivity index (χ0v) is 30.3. The summed E-state index contributed by atoms with van der Waals surface area (Å²) in [6.07, 6.45) is 0.787. The molecule has 1 saturated heterocycles. The van der Waals surface area contributed by atoms with E-state index in [4.69, 9.17) is 9.47 Å². The first-order chi connectivity index (χ1) is 23.1. The largest absolute Gasteiger partial charge is 0.457 e. The third-order valence-corrected chi connectivity index (χ3v) is 13.0. The fourth-order valence-electron chi connectivity index (χ4n) is 6.09. The summed E-state index contributed by atoms with van der Waals surface area (Å²) >= 11 is 0. The van der Waals surface area contributed by atoms with Crippen LogP contribution in [-0.4, -0.2) is 40.3 Å². The maximum atomic E-state index is 13.2. The van der Waals surface area contributed by atoms with Gasteiger partial charge in [0, 0.05) is 34.9 Å². The van der Waals surface area contributed by atoms with Gasteiger partial charge in [0.25, 0.3) is 0 Å². The van der Waals surface area contributed by atoms with E-state index in [1.807, 2.05) is 48.5 Å². The van der Waals surface area contributed by atoms with Crippen molar-refractivity contribution in [3.05, 3.63) is 119 Å². The predicted molar refractivity (Wildman–Crippen MR) is 193 cm³/mol. The molecule has 0 saturated carbocycles. The van der Waals surface area contributed by atoms with E-state index in [2.05, 4.69) is 25.7 Å². The second-order valence-electron chi connectivity index (χ2n) is 13.4. The van der Waals surface area contributed by atoms with Crippen LogP contribution in [0.5, 0.6) is 23.0 Å². The Kier molecular flexibility index (Phi) is 10.7. The molecule has 0 spiro atoms. The summed E-state index contributed by atoms with van der Waals surface area (Å²) in [5.74, 6) is 1.93. The molecule has 1 heterocycles. The first-order valence-electron chi connectivity index (χ1n) is 16.4. The first-order valence-corrected chi connectivity index (χ1v) is 19.5. The Hall–Kier alpha value is -3.96. The van der Waals surface area contributed by atoms with Crippen LogP contribution in [-0.2, 0) is 25.1 Å². The van der Waals surface area contributed by atoms with Crippen LogP contribution in [0.2, 0.25) is 0 Å². The summed E-state index contributed by atoms with van der Waals surface area (Å²) in [7, 11) is -7.23. The third kappa shape index (κ3) is 7.94. The second kappa shape index (κ2) is 14.5. The standard InChI is InChI=1S/C39H45NO7S2/c1-7-48(42,43)37-24-34(15-10-27(37)4)47-32-18-13-30(14-19-32)39(5,6)29-11-16-31(17-12-29)46-33-20-21-36(49(44,45)26(2)3)35(23-33)38(41)28-9-8-22-40-25-28/h7,10-21,23-24,26,28,38,40-41H,1,8-9,22,25H2,2-6H3. The fourth-order valence-corrected chi connectivity index (χ4v) is 8.35. The van der Waals surface area contributed by atoms with Gasteiger partial charge in [-0.2, -0.15) is 0 Å². The predicted octanol–water partition coefficient (Wildman–Crippen LogP) is 8.04. The lowest BCUT2D eigenvalue weighted by Gasteiger charge is -2.29. The van der Waals surface area contributed by atoms with Crippen molar-refractivity contribution in [2.45, 2.75) is 74.0 Å². The van der Waals surface area contributed by atoms with Crippen LogP contribution in [0.25, 0.3) is 0 Å². The van der Waals surface area contributed by atoms with E-state index < -0.39 is 31.0 Å². The van der Waals surface area contributed by atoms with Crippen molar-refractivity contribution in [1.82, 2.24) is 5.32 Å². The minimum Gasteiger partial charge on any atom is -0.457 e. The monoisotopic (exact) mass is 703 g/mol. The molecule has 1 aliphatic rings. The van der Waals surface area contributed by atoms with Gasteiger partial charge in [0.1, 0.15) is 23.0 Å². The molecule has 0 aliphatic carbocycles. The normalized spacial score (nSPS) is 16.3. The van der Waals surface area contributed by atoms with Crippen LogP contribution < -0.4 is 14.8 Å². The van der Waals surface area contributed by atoms with Gasteiger partial charge in [-0.25, -0.2) is 16.8 Å². The number of benzene rings is 4. The summed E-state index contributed by atoms with van der Waals surface area (Å²) in [5, 5.41) is 15.0. The molecule has 2 N–H and O–H groups in total. The molecule has 0 radical (unpaired) electrons. The van der Waals surface area contributed by atoms with E-state index in [1.165, 1.54) is 6.07 Å². The molecule has 260 valence electrons. The van der Waals surface area contributed by atoms with Crippen molar-refractivity contribution in [3.8, 4) is 23.0 Å². The quantitative estimate of drug-likeness (QED) is 0.152. The van der Waals surface area contributed by atoms with E-state index in [9.17, 15) is 21.9 Å². The maximum absolute atomic E-state index is 13.2. The maximum Gasteiger partial charge on any atom is 0.199 e. The molecule has 8 nitrogen and oxygen atoms in total. The fraction of sp³-hybridized carbons (Fsp3) is 0.333. The van der Waals surface area contributed by atoms with Gasteiger partial charge in [-0.3, -0.25) is 0 Å². The number of hydrogen-bond donors (Lipinski definition) is 2. The van der Waals surface area contributed by atoms with E-state index >= 15 is 0 Å². The highest BCUT2D eigenvalue weighted by atomic mass is 32.2. The SMILES string of the molecule is C=CS(=O)(=O)c1cc(Oc2ccc(C(C)(C)c3ccc(Oc4ccc(S(=O)(=O)C(C)C)c(C(O)C5CCCNC5)c4)cc3)cc2)ccc1C. The van der Waals surface area contributed by atoms with Crippen molar-refractivity contribution < 1.29 is 31.4 Å². The van der Waals surface area contributed by atoms with Crippen LogP contribution in [0.3, 0.4) is 0 Å². The second-order valence-corrected chi connectivity index (χ2v) is 17.7. The van der Waals surface area contributed by atoms with E-state index in [1.54, 1.807) is 51.1 Å². The number of ether oxygens (including phenoxy) is 2. The van der Waals surface area contributed by atoms with Gasteiger partial charge in [-0.1, -0.05) is 50.8 Å². The molecule has 49 heavy (non-hydrogen) atoms. The van der Waals surface area contributed by atoms with Gasteiger partial charge in [-0.05, 0) is 105 Å². The molecule has 0 bridgehead atoms. The molecule has 2 atom stereocenters. The Morgan fingerprint density at radius 1 is 0.816 bits per heavy atom. The highest BCUT2D eigenvalue weighted by Crippen LogP contribution is 2.38. The molecule has 2 unspecified atom stereocenters. The smallest absolute Gasteiger partial charge is 0.199 e. The number of rotatable bonds is 12. The lowest BCUT2D eigenvalue weighted by Crippen LogP contribution is -2.33. The molecular formula is C39H45NO7S2. The van der Waals surface area contributed by atoms with Crippen molar-refractivity contribution in [2.24, 2.45) is 5.92 Å². The number of aliphatic hydroxyl groups excluding tert-OH is 1. The highest BCUT2D eigenvalue weighted by molar-refractivity contribution is 7.94. The van der Waals surface area contributed by atoms with Gasteiger partial charge >= 0.3 is 0 Å². The number of aryl methyl sites for hydroxylation is 1. The van der Waals surface area contributed by atoms with Crippen molar-refractivity contribution in [3.63, 3.8) is 0 Å². The molecule has 0 aromatic heterocycles. The molecule has 1 fully saturated rings. The molecule has 5 rings (SSSR count). The first kappa shape index (κ1) is 36.3. The van der Waals surface area contributed by atoms with Crippen LogP contribution in [0, 0.1) is 12.8 Å². The van der Waals surface area contributed by atoms with Crippen molar-refractivity contribution in [2.75, 3.05) is 13.1 Å². The van der Waals surface area contributed by atoms with E-state index in [0.717, 1.165) is 35.9 Å². The lowest BCUT2D eigenvalue weighted by atomic mass is 9.78. The summed E-state index contributed by atoms with van der Waals surface area (Å²) in [4.78, 5) is 0.307.